The summed E-state index contributed by atoms with van der Waals surface area (Å²) < 4.78 is 6.52. The van der Waals surface area contributed by atoms with Gasteiger partial charge >= 0.3 is 5.97 Å². The fraction of sp³-hybridized carbons (Fsp3) is 0.474. The van der Waals surface area contributed by atoms with Gasteiger partial charge < -0.3 is 15.2 Å². The zero-order valence-corrected chi connectivity index (χ0v) is 14.9. The molecule has 1 aliphatic rings. The number of hydrogen-bond acceptors (Lipinski definition) is 4. The third kappa shape index (κ3) is 4.19. The van der Waals surface area contributed by atoms with Crippen LogP contribution >= 0.6 is 11.3 Å². The van der Waals surface area contributed by atoms with Crippen LogP contribution in [0.15, 0.2) is 29.6 Å². The molecule has 5 nitrogen and oxygen atoms in total. The van der Waals surface area contributed by atoms with Crippen molar-refractivity contribution in [3.63, 3.8) is 0 Å². The highest BCUT2D eigenvalue weighted by Gasteiger charge is 2.40. The quantitative estimate of drug-likeness (QED) is 0.794. The van der Waals surface area contributed by atoms with E-state index in [4.69, 9.17) is 4.74 Å². The minimum absolute atomic E-state index is 0.0772. The second-order valence-electron chi connectivity index (χ2n) is 6.59. The lowest BCUT2D eigenvalue weighted by molar-refractivity contribution is -0.154. The monoisotopic (exact) mass is 361 g/mol. The van der Waals surface area contributed by atoms with Crippen molar-refractivity contribution < 1.29 is 19.4 Å². The first kappa shape index (κ1) is 17.9. The molecule has 1 aliphatic heterocycles. The van der Waals surface area contributed by atoms with Crippen molar-refractivity contribution in [2.24, 2.45) is 5.41 Å². The van der Waals surface area contributed by atoms with Crippen LogP contribution in [0.1, 0.15) is 31.2 Å². The smallest absolute Gasteiger partial charge is 0.311 e. The Bertz CT molecular complexity index is 749. The highest BCUT2D eigenvalue weighted by molar-refractivity contribution is 7.17. The first-order valence-corrected chi connectivity index (χ1v) is 9.52. The number of aliphatic carboxylic acids is 1. The molecule has 1 amide bonds. The van der Waals surface area contributed by atoms with Crippen LogP contribution in [0, 0.1) is 5.41 Å². The SMILES string of the molecule is O=C(CCCc1csc2ccccc12)NCC1(C(=O)O)CCOCC1. The van der Waals surface area contributed by atoms with Gasteiger partial charge in [-0.1, -0.05) is 18.2 Å². The van der Waals surface area contributed by atoms with Gasteiger partial charge in [0.05, 0.1) is 5.41 Å². The maximum absolute atomic E-state index is 12.1. The van der Waals surface area contributed by atoms with E-state index in [-0.39, 0.29) is 12.5 Å². The lowest BCUT2D eigenvalue weighted by Crippen LogP contribution is -2.46. The predicted molar refractivity (Wildman–Crippen MR) is 97.9 cm³/mol. The standard InChI is InChI=1S/C19H23NO4S/c21-17(20-13-19(18(22)23)8-10-24-11-9-19)7-3-4-14-12-25-16-6-2-1-5-15(14)16/h1-2,5-6,12H,3-4,7-11,13H2,(H,20,21)(H,22,23). The summed E-state index contributed by atoms with van der Waals surface area (Å²) in [5.74, 6) is -0.924. The Balaban J connectivity index is 1.47. The summed E-state index contributed by atoms with van der Waals surface area (Å²) >= 11 is 1.73. The Labute approximate surface area is 151 Å². The maximum atomic E-state index is 12.1. The van der Waals surface area contributed by atoms with E-state index in [1.54, 1.807) is 11.3 Å². The second kappa shape index (κ2) is 7.97. The van der Waals surface area contributed by atoms with Crippen molar-refractivity contribution in [2.45, 2.75) is 32.1 Å². The summed E-state index contributed by atoms with van der Waals surface area (Å²) in [6, 6.07) is 8.29. The lowest BCUT2D eigenvalue weighted by Gasteiger charge is -2.33. The summed E-state index contributed by atoms with van der Waals surface area (Å²) in [5.41, 5.74) is 0.400. The fourth-order valence-electron chi connectivity index (χ4n) is 3.25. The molecule has 25 heavy (non-hydrogen) atoms. The van der Waals surface area contributed by atoms with Crippen molar-refractivity contribution in [3.05, 3.63) is 35.2 Å². The summed E-state index contributed by atoms with van der Waals surface area (Å²) in [5, 5.41) is 15.7. The minimum Gasteiger partial charge on any atom is -0.481 e. The summed E-state index contributed by atoms with van der Waals surface area (Å²) in [7, 11) is 0. The van der Waals surface area contributed by atoms with E-state index in [0.29, 0.717) is 32.5 Å². The molecule has 1 aromatic heterocycles. The number of nitrogens with one attached hydrogen (secondary N) is 1. The summed E-state index contributed by atoms with van der Waals surface area (Å²) in [6.07, 6.45) is 2.93. The van der Waals surface area contributed by atoms with E-state index in [9.17, 15) is 14.7 Å². The minimum atomic E-state index is -0.878. The number of thiophene rings is 1. The summed E-state index contributed by atoms with van der Waals surface area (Å²) in [6.45, 7) is 1.06. The van der Waals surface area contributed by atoms with Crippen molar-refractivity contribution in [3.8, 4) is 0 Å². The number of ether oxygens (including phenoxy) is 1. The zero-order valence-electron chi connectivity index (χ0n) is 14.1. The molecule has 3 rings (SSSR count). The third-order valence-electron chi connectivity index (χ3n) is 4.94. The molecule has 0 spiro atoms. The van der Waals surface area contributed by atoms with Crippen molar-refractivity contribution in [2.75, 3.05) is 19.8 Å². The Morgan fingerprint density at radius 3 is 2.76 bits per heavy atom. The van der Waals surface area contributed by atoms with Crippen LogP contribution < -0.4 is 5.32 Å². The number of carboxylic acids is 1. The Morgan fingerprint density at radius 2 is 2.00 bits per heavy atom. The van der Waals surface area contributed by atoms with Gasteiger partial charge in [0.25, 0.3) is 0 Å². The van der Waals surface area contributed by atoms with E-state index in [0.717, 1.165) is 12.8 Å². The molecule has 6 heteroatoms. The Kier molecular flexibility index (Phi) is 5.71. The molecular weight excluding hydrogens is 338 g/mol. The van der Waals surface area contributed by atoms with Crippen LogP contribution in [0.2, 0.25) is 0 Å². The van der Waals surface area contributed by atoms with E-state index in [1.807, 2.05) is 12.1 Å². The second-order valence-corrected chi connectivity index (χ2v) is 7.50. The fourth-order valence-corrected chi connectivity index (χ4v) is 4.25. The molecule has 134 valence electrons. The van der Waals surface area contributed by atoms with Gasteiger partial charge in [0.1, 0.15) is 0 Å². The number of benzene rings is 1. The molecule has 2 aromatic rings. The molecule has 0 bridgehead atoms. The number of fused-ring (bicyclic) bond motifs is 1. The van der Waals surface area contributed by atoms with Gasteiger partial charge in [0.15, 0.2) is 0 Å². The normalized spacial score (nSPS) is 16.6. The number of hydrogen-bond donors (Lipinski definition) is 2. The number of rotatable bonds is 7. The van der Waals surface area contributed by atoms with E-state index in [2.05, 4.69) is 22.8 Å². The lowest BCUT2D eigenvalue weighted by atomic mass is 9.80. The summed E-state index contributed by atoms with van der Waals surface area (Å²) in [4.78, 5) is 23.7. The number of carboxylic acid groups (broad SMARTS) is 1. The van der Waals surface area contributed by atoms with Gasteiger partial charge in [-0.3, -0.25) is 9.59 Å². The molecule has 0 atom stereocenters. The highest BCUT2D eigenvalue weighted by atomic mass is 32.1. The topological polar surface area (TPSA) is 75.6 Å². The molecule has 0 aliphatic carbocycles. The van der Waals surface area contributed by atoms with Crippen LogP contribution in [0.4, 0.5) is 0 Å². The highest BCUT2D eigenvalue weighted by Crippen LogP contribution is 2.30. The number of aryl methyl sites for hydroxylation is 1. The van der Waals surface area contributed by atoms with Gasteiger partial charge in [0.2, 0.25) is 5.91 Å². The number of amides is 1. The van der Waals surface area contributed by atoms with Gasteiger partial charge in [0, 0.05) is 30.9 Å². The van der Waals surface area contributed by atoms with Crippen LogP contribution in [0.25, 0.3) is 10.1 Å². The molecule has 0 saturated carbocycles. The molecule has 1 fully saturated rings. The molecule has 0 unspecified atom stereocenters. The molecule has 0 radical (unpaired) electrons. The maximum Gasteiger partial charge on any atom is 0.311 e. The van der Waals surface area contributed by atoms with Crippen molar-refractivity contribution in [1.82, 2.24) is 5.32 Å². The Hall–Kier alpha value is -1.92. The van der Waals surface area contributed by atoms with Crippen molar-refractivity contribution >= 4 is 33.3 Å². The van der Waals surface area contributed by atoms with Gasteiger partial charge in [-0.05, 0) is 48.1 Å². The molecule has 1 aromatic carbocycles. The van der Waals surface area contributed by atoms with Crippen LogP contribution in [0.5, 0.6) is 0 Å². The Morgan fingerprint density at radius 1 is 1.24 bits per heavy atom. The predicted octanol–water partition coefficient (Wildman–Crippen LogP) is 3.22. The van der Waals surface area contributed by atoms with Gasteiger partial charge in [-0.25, -0.2) is 0 Å². The third-order valence-corrected chi connectivity index (χ3v) is 5.95. The number of carbonyl (C=O) groups is 2. The van der Waals surface area contributed by atoms with E-state index in [1.165, 1.54) is 15.6 Å². The molecule has 2 heterocycles. The van der Waals surface area contributed by atoms with Gasteiger partial charge in [-0.15, -0.1) is 11.3 Å². The average Bonchev–Trinajstić information content (AvgIpc) is 3.04. The van der Waals surface area contributed by atoms with Gasteiger partial charge in [-0.2, -0.15) is 0 Å². The van der Waals surface area contributed by atoms with E-state index < -0.39 is 11.4 Å². The average molecular weight is 361 g/mol. The molecule has 2 N–H and O–H groups in total. The zero-order chi connectivity index (χ0) is 17.7. The van der Waals surface area contributed by atoms with E-state index >= 15 is 0 Å². The first-order valence-electron chi connectivity index (χ1n) is 8.64. The first-order chi connectivity index (χ1) is 12.1. The molecular formula is C19H23NO4S. The van der Waals surface area contributed by atoms with Crippen LogP contribution in [-0.4, -0.2) is 36.7 Å². The van der Waals surface area contributed by atoms with Crippen LogP contribution in [-0.2, 0) is 20.7 Å². The largest absolute Gasteiger partial charge is 0.481 e. The molecule has 1 saturated heterocycles. The van der Waals surface area contributed by atoms with Crippen LogP contribution in [0.3, 0.4) is 0 Å². The van der Waals surface area contributed by atoms with Crippen molar-refractivity contribution in [1.29, 1.82) is 0 Å². The number of carbonyl (C=O) groups excluding carboxylic acids is 1.